The summed E-state index contributed by atoms with van der Waals surface area (Å²) in [5.74, 6) is 0.898. The highest BCUT2D eigenvalue weighted by Crippen LogP contribution is 2.29. The largest absolute Gasteiger partial charge is 0.508 e. The minimum absolute atomic E-state index is 0.000674. The monoisotopic (exact) mass is 242 g/mol. The van der Waals surface area contributed by atoms with Crippen LogP contribution in [-0.4, -0.2) is 18.0 Å². The molecule has 0 atom stereocenters. The van der Waals surface area contributed by atoms with Crippen molar-refractivity contribution in [3.8, 4) is 22.6 Å². The van der Waals surface area contributed by atoms with Gasteiger partial charge in [-0.1, -0.05) is 12.1 Å². The molecule has 18 heavy (non-hydrogen) atoms. The lowest BCUT2D eigenvalue weighted by Crippen LogP contribution is -1.97. The van der Waals surface area contributed by atoms with Gasteiger partial charge in [0.2, 0.25) is 0 Å². The highest BCUT2D eigenvalue weighted by molar-refractivity contribution is 6.01. The first-order valence-corrected chi connectivity index (χ1v) is 5.60. The molecule has 1 N–H and O–H groups in total. The van der Waals surface area contributed by atoms with Crippen LogP contribution in [0.2, 0.25) is 0 Å². The number of aromatic hydroxyl groups is 1. The number of methoxy groups -OCH3 is 1. The van der Waals surface area contributed by atoms with Crippen molar-refractivity contribution in [1.29, 1.82) is 0 Å². The van der Waals surface area contributed by atoms with Gasteiger partial charge in [0.15, 0.2) is 5.78 Å². The smallest absolute Gasteiger partial charge is 0.160 e. The van der Waals surface area contributed by atoms with E-state index < -0.39 is 0 Å². The number of carbonyl (C=O) groups excluding carboxylic acids is 1. The van der Waals surface area contributed by atoms with Crippen LogP contribution in [-0.2, 0) is 0 Å². The van der Waals surface area contributed by atoms with Gasteiger partial charge in [0.05, 0.1) is 7.11 Å². The maximum atomic E-state index is 11.6. The van der Waals surface area contributed by atoms with Crippen molar-refractivity contribution in [3.63, 3.8) is 0 Å². The second-order valence-corrected chi connectivity index (χ2v) is 4.01. The summed E-state index contributed by atoms with van der Waals surface area (Å²) in [6.07, 6.45) is 0. The average molecular weight is 242 g/mol. The molecule has 2 aromatic rings. The Morgan fingerprint density at radius 2 is 1.78 bits per heavy atom. The first-order valence-electron chi connectivity index (χ1n) is 5.60. The summed E-state index contributed by atoms with van der Waals surface area (Å²) < 4.78 is 5.17. The lowest BCUT2D eigenvalue weighted by molar-refractivity contribution is 0.101. The Labute approximate surface area is 106 Å². The molecule has 0 aliphatic rings. The third kappa shape index (κ3) is 2.35. The maximum Gasteiger partial charge on any atom is 0.160 e. The fraction of sp³-hybridized carbons (Fsp3) is 0.133. The van der Waals surface area contributed by atoms with Gasteiger partial charge in [-0.25, -0.2) is 0 Å². The summed E-state index contributed by atoms with van der Waals surface area (Å²) in [6.45, 7) is 1.53. The number of ketones is 1. The van der Waals surface area contributed by atoms with Crippen molar-refractivity contribution in [1.82, 2.24) is 0 Å². The van der Waals surface area contributed by atoms with Gasteiger partial charge in [0.25, 0.3) is 0 Å². The number of hydrogen-bond acceptors (Lipinski definition) is 3. The molecule has 0 aliphatic carbocycles. The standard InChI is InChI=1S/C15H14O3/c1-10(16)14-8-7-13(18-2)9-15(14)11-3-5-12(17)6-4-11/h3-9,17H,1-2H3. The van der Waals surface area contributed by atoms with Crippen LogP contribution in [0.5, 0.6) is 11.5 Å². The van der Waals surface area contributed by atoms with Crippen molar-refractivity contribution in [3.05, 3.63) is 48.0 Å². The molecule has 0 saturated carbocycles. The van der Waals surface area contributed by atoms with Crippen LogP contribution in [0, 0.1) is 0 Å². The van der Waals surface area contributed by atoms with Gasteiger partial charge in [0, 0.05) is 5.56 Å². The zero-order chi connectivity index (χ0) is 13.1. The number of phenols is 1. The van der Waals surface area contributed by atoms with Gasteiger partial charge in [-0.3, -0.25) is 4.79 Å². The Bertz CT molecular complexity index is 571. The first kappa shape index (κ1) is 12.2. The maximum absolute atomic E-state index is 11.6. The summed E-state index contributed by atoms with van der Waals surface area (Å²) in [5.41, 5.74) is 2.32. The molecule has 3 nitrogen and oxygen atoms in total. The van der Waals surface area contributed by atoms with Gasteiger partial charge in [-0.2, -0.15) is 0 Å². The van der Waals surface area contributed by atoms with Gasteiger partial charge >= 0.3 is 0 Å². The quantitative estimate of drug-likeness (QED) is 0.840. The van der Waals surface area contributed by atoms with Crippen molar-refractivity contribution < 1.29 is 14.6 Å². The third-order valence-electron chi connectivity index (χ3n) is 2.78. The Morgan fingerprint density at radius 3 is 2.33 bits per heavy atom. The van der Waals surface area contributed by atoms with Gasteiger partial charge in [-0.15, -0.1) is 0 Å². The van der Waals surface area contributed by atoms with E-state index in [1.54, 1.807) is 43.5 Å². The molecule has 2 aromatic carbocycles. The van der Waals surface area contributed by atoms with Crippen LogP contribution >= 0.6 is 0 Å². The molecule has 0 aromatic heterocycles. The van der Waals surface area contributed by atoms with Gasteiger partial charge in [0.1, 0.15) is 11.5 Å². The van der Waals surface area contributed by atoms with Crippen LogP contribution in [0.4, 0.5) is 0 Å². The molecular formula is C15H14O3. The van der Waals surface area contributed by atoms with E-state index >= 15 is 0 Å². The third-order valence-corrected chi connectivity index (χ3v) is 2.78. The number of phenolic OH excluding ortho intramolecular Hbond substituents is 1. The van der Waals surface area contributed by atoms with Crippen molar-refractivity contribution in [2.75, 3.05) is 7.11 Å². The number of ether oxygens (including phenoxy) is 1. The van der Waals surface area contributed by atoms with Crippen molar-refractivity contribution in [2.45, 2.75) is 6.92 Å². The van der Waals surface area contributed by atoms with Gasteiger partial charge in [-0.05, 0) is 48.4 Å². The van der Waals surface area contributed by atoms with E-state index in [9.17, 15) is 9.90 Å². The number of carbonyl (C=O) groups is 1. The predicted octanol–water partition coefficient (Wildman–Crippen LogP) is 3.27. The molecule has 0 heterocycles. The van der Waals surface area contributed by atoms with Crippen LogP contribution in [0.3, 0.4) is 0 Å². The fourth-order valence-electron chi connectivity index (χ4n) is 1.84. The Kier molecular flexibility index (Phi) is 3.33. The zero-order valence-electron chi connectivity index (χ0n) is 10.3. The highest BCUT2D eigenvalue weighted by atomic mass is 16.5. The van der Waals surface area contributed by atoms with E-state index in [1.165, 1.54) is 6.92 Å². The van der Waals surface area contributed by atoms with E-state index in [-0.39, 0.29) is 11.5 Å². The molecule has 2 rings (SSSR count). The SMILES string of the molecule is COc1ccc(C(C)=O)c(-c2ccc(O)cc2)c1. The molecule has 0 unspecified atom stereocenters. The molecule has 0 radical (unpaired) electrons. The minimum atomic E-state index is 0.000674. The number of Topliss-reactive ketones (excluding diaryl/α,β-unsaturated/α-hetero) is 1. The Hall–Kier alpha value is -2.29. The van der Waals surface area contributed by atoms with E-state index in [0.29, 0.717) is 11.3 Å². The number of benzene rings is 2. The lowest BCUT2D eigenvalue weighted by atomic mass is 9.97. The minimum Gasteiger partial charge on any atom is -0.508 e. The van der Waals surface area contributed by atoms with Crippen molar-refractivity contribution in [2.24, 2.45) is 0 Å². The Morgan fingerprint density at radius 1 is 1.11 bits per heavy atom. The molecule has 0 fully saturated rings. The lowest BCUT2D eigenvalue weighted by Gasteiger charge is -2.09. The predicted molar refractivity (Wildman–Crippen MR) is 70.1 cm³/mol. The summed E-state index contributed by atoms with van der Waals surface area (Å²) in [7, 11) is 1.59. The topological polar surface area (TPSA) is 46.5 Å². The normalized spacial score (nSPS) is 10.1. The van der Waals surface area contributed by atoms with Crippen molar-refractivity contribution >= 4 is 5.78 Å². The number of hydrogen-bond donors (Lipinski definition) is 1. The molecule has 0 amide bonds. The molecule has 0 aliphatic heterocycles. The van der Waals surface area contributed by atoms with E-state index in [4.69, 9.17) is 4.74 Å². The summed E-state index contributed by atoms with van der Waals surface area (Å²) in [4.78, 5) is 11.6. The molecule has 3 heteroatoms. The second-order valence-electron chi connectivity index (χ2n) is 4.01. The highest BCUT2D eigenvalue weighted by Gasteiger charge is 2.10. The molecule has 0 saturated heterocycles. The Balaban J connectivity index is 2.59. The molecule has 92 valence electrons. The van der Waals surface area contributed by atoms with E-state index in [2.05, 4.69) is 0 Å². The van der Waals surface area contributed by atoms with E-state index in [0.717, 1.165) is 11.1 Å². The number of rotatable bonds is 3. The fourth-order valence-corrected chi connectivity index (χ4v) is 1.84. The van der Waals surface area contributed by atoms with Crippen LogP contribution in [0.25, 0.3) is 11.1 Å². The van der Waals surface area contributed by atoms with Crippen LogP contribution in [0.1, 0.15) is 17.3 Å². The molecular weight excluding hydrogens is 228 g/mol. The molecule has 0 bridgehead atoms. The van der Waals surface area contributed by atoms with Gasteiger partial charge < -0.3 is 9.84 Å². The zero-order valence-corrected chi connectivity index (χ0v) is 10.3. The summed E-state index contributed by atoms with van der Waals surface area (Å²) in [5, 5.41) is 9.29. The van der Waals surface area contributed by atoms with Crippen LogP contribution in [0.15, 0.2) is 42.5 Å². The average Bonchev–Trinajstić information content (AvgIpc) is 2.38. The second kappa shape index (κ2) is 4.92. The molecule has 0 spiro atoms. The van der Waals surface area contributed by atoms with Crippen LogP contribution < -0.4 is 4.74 Å². The summed E-state index contributed by atoms with van der Waals surface area (Å²) in [6, 6.07) is 12.1. The summed E-state index contributed by atoms with van der Waals surface area (Å²) >= 11 is 0. The first-order chi connectivity index (χ1) is 8.61. The van der Waals surface area contributed by atoms with E-state index in [1.807, 2.05) is 6.07 Å².